The van der Waals surface area contributed by atoms with Gasteiger partial charge in [0.15, 0.2) is 11.6 Å². The maximum atomic E-state index is 12.9. The molecule has 0 radical (unpaired) electrons. The Morgan fingerprint density at radius 2 is 2.00 bits per heavy atom. The van der Waals surface area contributed by atoms with Crippen LogP contribution in [0, 0.1) is 15.2 Å². The zero-order valence-corrected chi connectivity index (χ0v) is 10.1. The van der Waals surface area contributed by atoms with Crippen LogP contribution in [-0.4, -0.2) is 9.97 Å². The van der Waals surface area contributed by atoms with Gasteiger partial charge in [-0.2, -0.15) is 0 Å². The summed E-state index contributed by atoms with van der Waals surface area (Å²) in [6.07, 6.45) is 3.00. The van der Waals surface area contributed by atoms with Crippen molar-refractivity contribution < 1.29 is 8.78 Å². The molecule has 0 amide bonds. The monoisotopic (exact) mass is 333 g/mol. The van der Waals surface area contributed by atoms with Crippen molar-refractivity contribution in [3.63, 3.8) is 0 Å². The van der Waals surface area contributed by atoms with Crippen LogP contribution in [0.3, 0.4) is 0 Å². The van der Waals surface area contributed by atoms with Gasteiger partial charge in [0.05, 0.1) is 3.57 Å². The molecule has 2 rings (SSSR count). The number of hydrogen-bond acceptors (Lipinski definition) is 3. The Bertz CT molecular complexity index is 519. The summed E-state index contributed by atoms with van der Waals surface area (Å²) in [5.74, 6) is -1.21. The number of nitrogens with zero attached hydrogens (tertiary/aromatic N) is 2. The van der Waals surface area contributed by atoms with Gasteiger partial charge in [0.25, 0.3) is 0 Å². The van der Waals surface area contributed by atoms with Crippen molar-refractivity contribution in [3.8, 4) is 0 Å². The summed E-state index contributed by atoms with van der Waals surface area (Å²) >= 11 is 2.05. The topological polar surface area (TPSA) is 37.8 Å². The molecule has 16 heavy (non-hydrogen) atoms. The second-order valence-electron chi connectivity index (χ2n) is 2.97. The van der Waals surface area contributed by atoms with Gasteiger partial charge in [-0.25, -0.2) is 18.7 Å². The van der Waals surface area contributed by atoms with E-state index in [-0.39, 0.29) is 0 Å². The first kappa shape index (κ1) is 11.2. The van der Waals surface area contributed by atoms with Gasteiger partial charge in [-0.05, 0) is 34.7 Å². The van der Waals surface area contributed by atoms with Crippen LogP contribution in [0.5, 0.6) is 0 Å². The van der Waals surface area contributed by atoms with Gasteiger partial charge >= 0.3 is 0 Å². The fraction of sp³-hybridized carbons (Fsp3) is 0. The molecular formula is C10H6F2IN3. The van der Waals surface area contributed by atoms with Crippen molar-refractivity contribution >= 4 is 34.1 Å². The highest BCUT2D eigenvalue weighted by Crippen LogP contribution is 2.20. The Balaban J connectivity index is 2.28. The molecule has 3 nitrogen and oxygen atoms in total. The maximum Gasteiger partial charge on any atom is 0.160 e. The van der Waals surface area contributed by atoms with E-state index in [1.54, 1.807) is 6.20 Å². The zero-order valence-electron chi connectivity index (χ0n) is 7.92. The normalized spacial score (nSPS) is 10.2. The van der Waals surface area contributed by atoms with Crippen molar-refractivity contribution in [3.05, 3.63) is 45.9 Å². The molecule has 0 atom stereocenters. The number of benzene rings is 1. The van der Waals surface area contributed by atoms with Crippen molar-refractivity contribution in [1.82, 2.24) is 9.97 Å². The molecule has 82 valence electrons. The third kappa shape index (κ3) is 2.43. The Morgan fingerprint density at radius 3 is 2.69 bits per heavy atom. The van der Waals surface area contributed by atoms with E-state index in [2.05, 4.69) is 15.3 Å². The first-order valence-corrected chi connectivity index (χ1v) is 5.42. The average molecular weight is 333 g/mol. The summed E-state index contributed by atoms with van der Waals surface area (Å²) in [4.78, 5) is 7.81. The average Bonchev–Trinajstić information content (AvgIpc) is 2.27. The second-order valence-corrected chi connectivity index (χ2v) is 4.14. The Hall–Kier alpha value is -1.31. The van der Waals surface area contributed by atoms with E-state index >= 15 is 0 Å². The van der Waals surface area contributed by atoms with Gasteiger partial charge in [0.1, 0.15) is 12.1 Å². The van der Waals surface area contributed by atoms with E-state index < -0.39 is 11.6 Å². The molecule has 1 aromatic carbocycles. The molecule has 0 saturated heterocycles. The molecule has 0 fully saturated rings. The van der Waals surface area contributed by atoms with E-state index in [0.29, 0.717) is 11.5 Å². The van der Waals surface area contributed by atoms with Crippen LogP contribution in [0.4, 0.5) is 20.3 Å². The smallest absolute Gasteiger partial charge is 0.160 e. The predicted octanol–water partition coefficient (Wildman–Crippen LogP) is 3.10. The SMILES string of the molecule is Fc1ccc(Nc2ncncc2I)cc1F. The molecular weight excluding hydrogens is 327 g/mol. The van der Waals surface area contributed by atoms with E-state index in [0.717, 1.165) is 15.7 Å². The maximum absolute atomic E-state index is 12.9. The molecule has 1 aromatic heterocycles. The Labute approximate surface area is 104 Å². The van der Waals surface area contributed by atoms with Crippen LogP contribution in [-0.2, 0) is 0 Å². The minimum Gasteiger partial charge on any atom is -0.339 e. The summed E-state index contributed by atoms with van der Waals surface area (Å²) in [6, 6.07) is 3.58. The number of halogens is 3. The standard InChI is InChI=1S/C10H6F2IN3/c11-7-2-1-6(3-8(7)12)16-10-9(13)4-14-5-15-10/h1-5H,(H,14,15,16). The van der Waals surface area contributed by atoms with E-state index in [4.69, 9.17) is 0 Å². The predicted molar refractivity (Wildman–Crippen MR) is 64.4 cm³/mol. The molecule has 2 aromatic rings. The molecule has 1 N–H and O–H groups in total. The zero-order chi connectivity index (χ0) is 11.5. The molecule has 0 aliphatic heterocycles. The van der Waals surface area contributed by atoms with Crippen molar-refractivity contribution in [2.75, 3.05) is 5.32 Å². The lowest BCUT2D eigenvalue weighted by molar-refractivity contribution is 0.509. The number of rotatable bonds is 2. The van der Waals surface area contributed by atoms with Crippen LogP contribution in [0.25, 0.3) is 0 Å². The number of anilines is 2. The molecule has 0 spiro atoms. The van der Waals surface area contributed by atoms with Crippen LogP contribution >= 0.6 is 22.6 Å². The first-order valence-electron chi connectivity index (χ1n) is 4.34. The molecule has 0 bridgehead atoms. The highest BCUT2D eigenvalue weighted by atomic mass is 127. The first-order chi connectivity index (χ1) is 7.66. The van der Waals surface area contributed by atoms with E-state index in [9.17, 15) is 8.78 Å². The Kier molecular flexibility index (Phi) is 3.28. The summed E-state index contributed by atoms with van der Waals surface area (Å²) < 4.78 is 26.4. The molecule has 0 unspecified atom stereocenters. The fourth-order valence-corrected chi connectivity index (χ4v) is 1.55. The van der Waals surface area contributed by atoms with Crippen LogP contribution in [0.2, 0.25) is 0 Å². The van der Waals surface area contributed by atoms with Crippen molar-refractivity contribution in [2.45, 2.75) is 0 Å². The molecule has 0 saturated carbocycles. The largest absolute Gasteiger partial charge is 0.339 e. The van der Waals surface area contributed by atoms with Crippen LogP contribution < -0.4 is 5.32 Å². The van der Waals surface area contributed by atoms with Gasteiger partial charge < -0.3 is 5.32 Å². The third-order valence-corrected chi connectivity index (χ3v) is 2.64. The lowest BCUT2D eigenvalue weighted by Crippen LogP contribution is -1.97. The minimum atomic E-state index is -0.894. The fourth-order valence-electron chi connectivity index (χ4n) is 1.12. The number of hydrogen-bond donors (Lipinski definition) is 1. The lowest BCUT2D eigenvalue weighted by Gasteiger charge is -2.06. The molecule has 0 aliphatic rings. The van der Waals surface area contributed by atoms with Gasteiger partial charge in [-0.15, -0.1) is 0 Å². The number of aromatic nitrogens is 2. The van der Waals surface area contributed by atoms with Gasteiger partial charge in [-0.1, -0.05) is 0 Å². The summed E-state index contributed by atoms with van der Waals surface area (Å²) in [5, 5.41) is 2.87. The summed E-state index contributed by atoms with van der Waals surface area (Å²) in [6.45, 7) is 0. The molecule has 6 heteroatoms. The highest BCUT2D eigenvalue weighted by Gasteiger charge is 2.05. The van der Waals surface area contributed by atoms with E-state index in [1.165, 1.54) is 12.4 Å². The number of nitrogens with one attached hydrogen (secondary N) is 1. The van der Waals surface area contributed by atoms with Crippen molar-refractivity contribution in [1.29, 1.82) is 0 Å². The van der Waals surface area contributed by atoms with Crippen LogP contribution in [0.1, 0.15) is 0 Å². The Morgan fingerprint density at radius 1 is 1.19 bits per heavy atom. The third-order valence-electron chi connectivity index (χ3n) is 1.85. The minimum absolute atomic E-state index is 0.440. The molecule has 0 aliphatic carbocycles. The highest BCUT2D eigenvalue weighted by molar-refractivity contribution is 14.1. The van der Waals surface area contributed by atoms with Gasteiger partial charge in [0.2, 0.25) is 0 Å². The summed E-state index contributed by atoms with van der Waals surface area (Å²) in [5.41, 5.74) is 0.440. The summed E-state index contributed by atoms with van der Waals surface area (Å²) in [7, 11) is 0. The van der Waals surface area contributed by atoms with E-state index in [1.807, 2.05) is 22.6 Å². The lowest BCUT2D eigenvalue weighted by atomic mass is 10.3. The quantitative estimate of drug-likeness (QED) is 0.859. The van der Waals surface area contributed by atoms with Gasteiger partial charge in [0, 0.05) is 18.0 Å². The molecule has 1 heterocycles. The second kappa shape index (κ2) is 4.69. The van der Waals surface area contributed by atoms with Gasteiger partial charge in [-0.3, -0.25) is 0 Å². The van der Waals surface area contributed by atoms with Crippen molar-refractivity contribution in [2.24, 2.45) is 0 Å². The van der Waals surface area contributed by atoms with Crippen LogP contribution in [0.15, 0.2) is 30.7 Å².